The van der Waals surface area contributed by atoms with Crippen molar-refractivity contribution in [1.29, 1.82) is 0 Å². The van der Waals surface area contributed by atoms with Crippen molar-refractivity contribution >= 4 is 5.91 Å². The Kier molecular flexibility index (Phi) is 3.85. The van der Waals surface area contributed by atoms with E-state index < -0.39 is 0 Å². The predicted molar refractivity (Wildman–Crippen MR) is 92.6 cm³/mol. The summed E-state index contributed by atoms with van der Waals surface area (Å²) in [6, 6.07) is 3.80. The van der Waals surface area contributed by atoms with Crippen LogP contribution in [0.4, 0.5) is 0 Å². The van der Waals surface area contributed by atoms with Crippen molar-refractivity contribution < 1.29 is 13.9 Å². The molecule has 2 aliphatic heterocycles. The number of ether oxygens (including phenoxy) is 1. The molecule has 0 N–H and O–H groups in total. The molecular weight excluding hydrogens is 332 g/mol. The van der Waals surface area contributed by atoms with Gasteiger partial charge < -0.3 is 18.6 Å². The molecule has 2 saturated heterocycles. The van der Waals surface area contributed by atoms with E-state index in [4.69, 9.17) is 9.15 Å². The quantitative estimate of drug-likeness (QED) is 0.838. The number of nitrogens with zero attached hydrogens (tertiary/aromatic N) is 4. The lowest BCUT2D eigenvalue weighted by molar-refractivity contribution is 0.0595. The van der Waals surface area contributed by atoms with Crippen molar-refractivity contribution in [1.82, 2.24) is 19.7 Å². The summed E-state index contributed by atoms with van der Waals surface area (Å²) in [6.07, 6.45) is 6.02. The average molecular weight is 356 g/mol. The van der Waals surface area contributed by atoms with Gasteiger partial charge in [0, 0.05) is 38.2 Å². The minimum Gasteiger partial charge on any atom is -0.425 e. The zero-order valence-corrected chi connectivity index (χ0v) is 15.0. The first kappa shape index (κ1) is 16.1. The Labute approximate surface area is 152 Å². The van der Waals surface area contributed by atoms with E-state index in [9.17, 15) is 4.79 Å². The average Bonchev–Trinajstić information content (AvgIpc) is 3.05. The highest BCUT2D eigenvalue weighted by atomic mass is 16.5. The molecule has 0 spiro atoms. The Bertz CT molecular complexity index is 809. The van der Waals surface area contributed by atoms with Crippen LogP contribution in [0.1, 0.15) is 47.5 Å². The van der Waals surface area contributed by atoms with Crippen LogP contribution in [0.5, 0.6) is 0 Å². The van der Waals surface area contributed by atoms with Crippen molar-refractivity contribution in [3.63, 3.8) is 0 Å². The van der Waals surface area contributed by atoms with Gasteiger partial charge in [0.1, 0.15) is 5.69 Å². The predicted octanol–water partition coefficient (Wildman–Crippen LogP) is 2.01. The van der Waals surface area contributed by atoms with Gasteiger partial charge in [-0.05, 0) is 37.3 Å². The number of fused-ring (bicyclic) bond motifs is 1. The first-order chi connectivity index (χ1) is 12.7. The second kappa shape index (κ2) is 6.23. The molecule has 0 unspecified atom stereocenters. The Morgan fingerprint density at radius 1 is 1.31 bits per heavy atom. The largest absolute Gasteiger partial charge is 0.425 e. The molecule has 0 radical (unpaired) electrons. The zero-order chi connectivity index (χ0) is 17.7. The molecular formula is C19H24N4O3. The third-order valence-electron chi connectivity index (χ3n) is 6.03. The van der Waals surface area contributed by atoms with E-state index in [1.54, 1.807) is 0 Å². The van der Waals surface area contributed by atoms with Gasteiger partial charge in [0.05, 0.1) is 19.1 Å². The van der Waals surface area contributed by atoms with Crippen molar-refractivity contribution in [2.45, 2.75) is 37.7 Å². The second-order valence-electron chi connectivity index (χ2n) is 7.85. The Morgan fingerprint density at radius 2 is 2.19 bits per heavy atom. The van der Waals surface area contributed by atoms with Crippen molar-refractivity contribution in [2.24, 2.45) is 18.9 Å². The maximum atomic E-state index is 12.7. The topological polar surface area (TPSA) is 73.4 Å². The van der Waals surface area contributed by atoms with Gasteiger partial charge in [-0.15, -0.1) is 10.2 Å². The van der Waals surface area contributed by atoms with E-state index >= 15 is 0 Å². The number of aromatic nitrogens is 3. The van der Waals surface area contributed by atoms with Crippen LogP contribution in [0.2, 0.25) is 0 Å². The summed E-state index contributed by atoms with van der Waals surface area (Å²) >= 11 is 0. The molecule has 0 bridgehead atoms. The summed E-state index contributed by atoms with van der Waals surface area (Å²) in [5.41, 5.74) is 0.748. The molecule has 2 aromatic heterocycles. The Morgan fingerprint density at radius 3 is 2.96 bits per heavy atom. The van der Waals surface area contributed by atoms with Gasteiger partial charge in [0.15, 0.2) is 0 Å². The van der Waals surface area contributed by atoms with Crippen LogP contribution in [-0.4, -0.2) is 51.4 Å². The lowest BCUT2D eigenvalue weighted by Gasteiger charge is -2.35. The number of amides is 1. The summed E-state index contributed by atoms with van der Waals surface area (Å²) < 4.78 is 13.7. The van der Waals surface area contributed by atoms with Crippen molar-refractivity contribution in [3.8, 4) is 0 Å². The Hall–Kier alpha value is -2.15. The molecule has 3 aliphatic rings. The molecule has 3 fully saturated rings. The van der Waals surface area contributed by atoms with Gasteiger partial charge in [-0.25, -0.2) is 0 Å². The molecule has 5 rings (SSSR count). The number of carbonyl (C=O) groups is 1. The minimum absolute atomic E-state index is 0.116. The van der Waals surface area contributed by atoms with E-state index in [1.807, 2.05) is 34.8 Å². The fourth-order valence-electron chi connectivity index (χ4n) is 4.34. The molecule has 26 heavy (non-hydrogen) atoms. The highest BCUT2D eigenvalue weighted by molar-refractivity contribution is 5.92. The molecule has 7 nitrogen and oxygen atoms in total. The van der Waals surface area contributed by atoms with Crippen LogP contribution in [0, 0.1) is 11.8 Å². The number of likely N-dealkylation sites (tertiary alicyclic amines) is 1. The lowest BCUT2D eigenvalue weighted by Crippen LogP contribution is -2.45. The van der Waals surface area contributed by atoms with Crippen molar-refractivity contribution in [2.75, 3.05) is 19.7 Å². The van der Waals surface area contributed by atoms with Crippen LogP contribution >= 0.6 is 0 Å². The maximum absolute atomic E-state index is 12.7. The number of aryl methyl sites for hydroxylation is 1. The molecule has 1 aliphatic carbocycles. The summed E-state index contributed by atoms with van der Waals surface area (Å²) in [4.78, 5) is 14.7. The molecule has 2 aromatic rings. The Balaban J connectivity index is 1.22. The number of rotatable bonds is 4. The van der Waals surface area contributed by atoms with Crippen LogP contribution < -0.4 is 0 Å². The van der Waals surface area contributed by atoms with Crippen LogP contribution in [0.25, 0.3) is 0 Å². The molecule has 3 atom stereocenters. The SMILES string of the molecule is Cn1cccc1C(=O)N1CC[C@@H]2[C@@H](CO[C@H]2Cc2nnc(C3CC3)o2)C1. The van der Waals surface area contributed by atoms with Gasteiger partial charge in [-0.1, -0.05) is 0 Å². The molecule has 138 valence electrons. The highest BCUT2D eigenvalue weighted by Gasteiger charge is 2.43. The first-order valence-corrected chi connectivity index (χ1v) is 9.53. The van der Waals surface area contributed by atoms with Gasteiger partial charge in [-0.3, -0.25) is 4.79 Å². The minimum atomic E-state index is 0.116. The number of carbonyl (C=O) groups excluding carboxylic acids is 1. The lowest BCUT2D eigenvalue weighted by atomic mass is 9.83. The van der Waals surface area contributed by atoms with Gasteiger partial charge >= 0.3 is 0 Å². The standard InChI is InChI=1S/C19H24N4O3/c1-22-7-2-3-15(22)19(24)23-8-6-14-13(10-23)11-25-16(14)9-17-20-21-18(26-17)12-4-5-12/h2-3,7,12-14,16H,4-6,8-11H2,1H3/t13-,14-,16+/m1/s1. The second-order valence-corrected chi connectivity index (χ2v) is 7.85. The highest BCUT2D eigenvalue weighted by Crippen LogP contribution is 2.40. The van der Waals surface area contributed by atoms with Gasteiger partial charge in [0.2, 0.25) is 11.8 Å². The van der Waals surface area contributed by atoms with Gasteiger partial charge in [0.25, 0.3) is 5.91 Å². The van der Waals surface area contributed by atoms with E-state index in [0.717, 1.165) is 43.9 Å². The van der Waals surface area contributed by atoms with E-state index in [0.29, 0.717) is 36.7 Å². The number of hydrogen-bond acceptors (Lipinski definition) is 5. The number of hydrogen-bond donors (Lipinski definition) is 0. The van der Waals surface area contributed by atoms with Crippen molar-refractivity contribution in [3.05, 3.63) is 35.8 Å². The first-order valence-electron chi connectivity index (χ1n) is 9.53. The van der Waals surface area contributed by atoms with Crippen LogP contribution in [-0.2, 0) is 18.2 Å². The monoisotopic (exact) mass is 356 g/mol. The van der Waals surface area contributed by atoms with E-state index in [-0.39, 0.29) is 12.0 Å². The third-order valence-corrected chi connectivity index (χ3v) is 6.03. The molecule has 1 amide bonds. The number of piperidine rings is 1. The zero-order valence-electron chi connectivity index (χ0n) is 15.0. The van der Waals surface area contributed by atoms with Gasteiger partial charge in [-0.2, -0.15) is 0 Å². The molecule has 0 aromatic carbocycles. The molecule has 1 saturated carbocycles. The smallest absolute Gasteiger partial charge is 0.270 e. The summed E-state index contributed by atoms with van der Waals surface area (Å²) in [5.74, 6) is 2.94. The molecule has 7 heteroatoms. The fraction of sp³-hybridized carbons (Fsp3) is 0.632. The third kappa shape index (κ3) is 2.84. The van der Waals surface area contributed by atoms with E-state index in [1.165, 1.54) is 0 Å². The van der Waals surface area contributed by atoms with E-state index in [2.05, 4.69) is 10.2 Å². The van der Waals surface area contributed by atoms with Crippen LogP contribution in [0.15, 0.2) is 22.7 Å². The van der Waals surface area contributed by atoms with Crippen LogP contribution in [0.3, 0.4) is 0 Å². The normalized spacial score (nSPS) is 28.3. The summed E-state index contributed by atoms with van der Waals surface area (Å²) in [7, 11) is 1.91. The molecule has 4 heterocycles. The fourth-order valence-corrected chi connectivity index (χ4v) is 4.34. The summed E-state index contributed by atoms with van der Waals surface area (Å²) in [5, 5.41) is 8.37. The maximum Gasteiger partial charge on any atom is 0.270 e. The summed E-state index contributed by atoms with van der Waals surface area (Å²) in [6.45, 7) is 2.25.